The molecule has 3 N–H and O–H groups in total. The average molecular weight is 324 g/mol. The van der Waals surface area contributed by atoms with Gasteiger partial charge in [0.2, 0.25) is 0 Å². The van der Waals surface area contributed by atoms with Crippen LogP contribution >= 0.6 is 0 Å². The fourth-order valence-electron chi connectivity index (χ4n) is 2.82. The molecular formula is C20H24N2O2. The SMILES string of the molecule is CC(C)(C)OC(=O)N[C@H]1C[C@@H]1c1ccc(-c2cccc(N)c2)cc1. The lowest BCUT2D eigenvalue weighted by molar-refractivity contribution is 0.0523. The average Bonchev–Trinajstić information content (AvgIpc) is 3.24. The van der Waals surface area contributed by atoms with Gasteiger partial charge in [0.15, 0.2) is 0 Å². The maximum Gasteiger partial charge on any atom is 0.407 e. The third-order valence-electron chi connectivity index (χ3n) is 4.05. The van der Waals surface area contributed by atoms with E-state index in [1.165, 1.54) is 5.56 Å². The summed E-state index contributed by atoms with van der Waals surface area (Å²) in [4.78, 5) is 11.8. The Bertz CT molecular complexity index is 732. The van der Waals surface area contributed by atoms with Gasteiger partial charge in [-0.25, -0.2) is 4.79 Å². The molecule has 24 heavy (non-hydrogen) atoms. The second kappa shape index (κ2) is 6.19. The summed E-state index contributed by atoms with van der Waals surface area (Å²) in [6.07, 6.45) is 0.614. The third-order valence-corrected chi connectivity index (χ3v) is 4.05. The van der Waals surface area contributed by atoms with Gasteiger partial charge in [0.1, 0.15) is 5.60 Å². The minimum absolute atomic E-state index is 0.165. The van der Waals surface area contributed by atoms with Gasteiger partial charge >= 0.3 is 6.09 Å². The minimum Gasteiger partial charge on any atom is -0.444 e. The Morgan fingerprint density at radius 3 is 2.46 bits per heavy atom. The molecule has 0 bridgehead atoms. The Balaban J connectivity index is 1.61. The highest BCUT2D eigenvalue weighted by Crippen LogP contribution is 2.41. The maximum atomic E-state index is 11.8. The number of anilines is 1. The first-order valence-electron chi connectivity index (χ1n) is 8.27. The van der Waals surface area contributed by atoms with Gasteiger partial charge in [0.25, 0.3) is 0 Å². The highest BCUT2D eigenvalue weighted by molar-refractivity contribution is 5.69. The number of amides is 1. The molecule has 0 radical (unpaired) electrons. The van der Waals surface area contributed by atoms with Crippen LogP contribution in [0.2, 0.25) is 0 Å². The van der Waals surface area contributed by atoms with Crippen LogP contribution in [-0.2, 0) is 4.74 Å². The van der Waals surface area contributed by atoms with Gasteiger partial charge < -0.3 is 15.8 Å². The fourth-order valence-corrected chi connectivity index (χ4v) is 2.82. The van der Waals surface area contributed by atoms with Crippen molar-refractivity contribution in [2.45, 2.75) is 44.8 Å². The van der Waals surface area contributed by atoms with Crippen LogP contribution in [0.5, 0.6) is 0 Å². The van der Waals surface area contributed by atoms with E-state index in [0.29, 0.717) is 5.92 Å². The molecule has 0 unspecified atom stereocenters. The van der Waals surface area contributed by atoms with E-state index >= 15 is 0 Å². The molecule has 0 spiro atoms. The van der Waals surface area contributed by atoms with Crippen LogP contribution < -0.4 is 11.1 Å². The lowest BCUT2D eigenvalue weighted by atomic mass is 10.0. The van der Waals surface area contributed by atoms with Crippen LogP contribution in [0.4, 0.5) is 10.5 Å². The number of benzene rings is 2. The van der Waals surface area contributed by atoms with E-state index in [0.717, 1.165) is 23.2 Å². The number of carbonyl (C=O) groups is 1. The first kappa shape index (κ1) is 16.4. The number of nitrogens with one attached hydrogen (secondary N) is 1. The second-order valence-electron chi connectivity index (χ2n) is 7.34. The monoisotopic (exact) mass is 324 g/mol. The number of ether oxygens (including phenoxy) is 1. The summed E-state index contributed by atoms with van der Waals surface area (Å²) >= 11 is 0. The standard InChI is InChI=1S/C20H24N2O2/c1-20(2,3)24-19(23)22-18-12-17(18)14-9-7-13(8-10-14)15-5-4-6-16(21)11-15/h4-11,17-18H,12,21H2,1-3H3,(H,22,23)/t17-,18+/m1/s1. The van der Waals surface area contributed by atoms with Crippen LogP contribution in [0, 0.1) is 0 Å². The Kier molecular flexibility index (Phi) is 4.22. The van der Waals surface area contributed by atoms with E-state index in [2.05, 4.69) is 35.6 Å². The number of carbonyl (C=O) groups excluding carboxylic acids is 1. The summed E-state index contributed by atoms with van der Waals surface area (Å²) < 4.78 is 5.30. The van der Waals surface area contributed by atoms with Crippen LogP contribution in [0.3, 0.4) is 0 Å². The van der Waals surface area contributed by atoms with Crippen LogP contribution in [0.15, 0.2) is 48.5 Å². The molecule has 0 aromatic heterocycles. The molecule has 1 saturated carbocycles. The molecule has 1 aliphatic rings. The van der Waals surface area contributed by atoms with Crippen molar-refractivity contribution < 1.29 is 9.53 Å². The molecule has 3 rings (SSSR count). The predicted molar refractivity (Wildman–Crippen MR) is 96.8 cm³/mol. The van der Waals surface area contributed by atoms with Crippen molar-refractivity contribution in [1.82, 2.24) is 5.32 Å². The Hall–Kier alpha value is -2.49. The number of hydrogen-bond acceptors (Lipinski definition) is 3. The summed E-state index contributed by atoms with van der Waals surface area (Å²) in [6, 6.07) is 16.5. The molecule has 2 atom stereocenters. The number of nitrogen functional groups attached to an aromatic ring is 1. The number of rotatable bonds is 3. The molecule has 0 saturated heterocycles. The Morgan fingerprint density at radius 1 is 1.12 bits per heavy atom. The van der Waals surface area contributed by atoms with Crippen molar-refractivity contribution in [3.05, 3.63) is 54.1 Å². The maximum absolute atomic E-state index is 11.8. The largest absolute Gasteiger partial charge is 0.444 e. The van der Waals surface area contributed by atoms with Gasteiger partial charge in [-0.1, -0.05) is 36.4 Å². The van der Waals surface area contributed by atoms with Gasteiger partial charge in [0.05, 0.1) is 0 Å². The number of hydrogen-bond donors (Lipinski definition) is 2. The Morgan fingerprint density at radius 2 is 1.83 bits per heavy atom. The minimum atomic E-state index is -0.465. The quantitative estimate of drug-likeness (QED) is 0.827. The lowest BCUT2D eigenvalue weighted by Crippen LogP contribution is -2.34. The molecule has 0 heterocycles. The summed E-state index contributed by atoms with van der Waals surface area (Å²) in [5, 5.41) is 2.94. The molecule has 1 fully saturated rings. The van der Waals surface area contributed by atoms with Crippen LogP contribution in [0.1, 0.15) is 38.7 Å². The van der Waals surface area contributed by atoms with Crippen molar-refractivity contribution in [2.75, 3.05) is 5.73 Å². The first-order chi connectivity index (χ1) is 11.3. The molecule has 1 amide bonds. The zero-order valence-electron chi connectivity index (χ0n) is 14.4. The van der Waals surface area contributed by atoms with Crippen molar-refractivity contribution in [1.29, 1.82) is 0 Å². The van der Waals surface area contributed by atoms with Crippen molar-refractivity contribution in [3.8, 4) is 11.1 Å². The topological polar surface area (TPSA) is 64.3 Å². The summed E-state index contributed by atoms with van der Waals surface area (Å²) in [6.45, 7) is 5.60. The molecule has 0 aliphatic heterocycles. The summed E-state index contributed by atoms with van der Waals surface area (Å²) in [5.74, 6) is 0.368. The predicted octanol–water partition coefficient (Wildman–Crippen LogP) is 4.32. The summed E-state index contributed by atoms with van der Waals surface area (Å²) in [5.41, 5.74) is 9.63. The molecule has 2 aromatic carbocycles. The molecule has 1 aliphatic carbocycles. The van der Waals surface area contributed by atoms with Gasteiger partial charge in [-0.3, -0.25) is 0 Å². The smallest absolute Gasteiger partial charge is 0.407 e. The zero-order valence-corrected chi connectivity index (χ0v) is 14.4. The van der Waals surface area contributed by atoms with Crippen LogP contribution in [0.25, 0.3) is 11.1 Å². The molecule has 126 valence electrons. The third kappa shape index (κ3) is 4.07. The first-order valence-corrected chi connectivity index (χ1v) is 8.27. The van der Waals surface area contributed by atoms with Crippen LogP contribution in [-0.4, -0.2) is 17.7 Å². The second-order valence-corrected chi connectivity index (χ2v) is 7.34. The van der Waals surface area contributed by atoms with E-state index in [-0.39, 0.29) is 12.1 Å². The van der Waals surface area contributed by atoms with E-state index < -0.39 is 5.60 Å². The number of nitrogens with two attached hydrogens (primary N) is 1. The van der Waals surface area contributed by atoms with E-state index in [4.69, 9.17) is 10.5 Å². The zero-order chi connectivity index (χ0) is 17.3. The van der Waals surface area contributed by atoms with E-state index in [1.54, 1.807) is 0 Å². The molecule has 2 aromatic rings. The van der Waals surface area contributed by atoms with E-state index in [1.807, 2.05) is 39.0 Å². The molecular weight excluding hydrogens is 300 g/mol. The van der Waals surface area contributed by atoms with Gasteiger partial charge in [-0.15, -0.1) is 0 Å². The molecule has 4 heteroatoms. The highest BCUT2D eigenvalue weighted by atomic mass is 16.6. The molecule has 4 nitrogen and oxygen atoms in total. The van der Waals surface area contributed by atoms with Gasteiger partial charge in [-0.2, -0.15) is 0 Å². The van der Waals surface area contributed by atoms with Crippen molar-refractivity contribution in [3.63, 3.8) is 0 Å². The van der Waals surface area contributed by atoms with E-state index in [9.17, 15) is 4.79 Å². The van der Waals surface area contributed by atoms with Gasteiger partial charge in [0, 0.05) is 17.6 Å². The lowest BCUT2D eigenvalue weighted by Gasteiger charge is -2.19. The van der Waals surface area contributed by atoms with Crippen molar-refractivity contribution in [2.24, 2.45) is 0 Å². The van der Waals surface area contributed by atoms with Crippen molar-refractivity contribution >= 4 is 11.8 Å². The number of alkyl carbamates (subject to hydrolysis) is 1. The normalized spacial score (nSPS) is 19.6. The Labute approximate surface area is 143 Å². The highest BCUT2D eigenvalue weighted by Gasteiger charge is 2.40. The summed E-state index contributed by atoms with van der Waals surface area (Å²) in [7, 11) is 0. The fraction of sp³-hybridized carbons (Fsp3) is 0.350. The van der Waals surface area contributed by atoms with Gasteiger partial charge in [-0.05, 0) is 56.0 Å².